The first-order valence-corrected chi connectivity index (χ1v) is 16.5. The summed E-state index contributed by atoms with van der Waals surface area (Å²) >= 11 is 0. The predicted molar refractivity (Wildman–Crippen MR) is 197 cm³/mol. The quantitative estimate of drug-likeness (QED) is 0.198. The van der Waals surface area contributed by atoms with Gasteiger partial charge in [0.25, 0.3) is 0 Å². The molecular formula is C45H29NO2. The van der Waals surface area contributed by atoms with Crippen molar-refractivity contribution in [1.29, 1.82) is 0 Å². The Kier molecular flexibility index (Phi) is 6.00. The molecule has 3 heteroatoms. The lowest BCUT2D eigenvalue weighted by Crippen LogP contribution is -2.14. The van der Waals surface area contributed by atoms with Gasteiger partial charge in [-0.1, -0.05) is 109 Å². The smallest absolute Gasteiger partial charge is 0.136 e. The summed E-state index contributed by atoms with van der Waals surface area (Å²) in [5.74, 6) is 0.250. The van der Waals surface area contributed by atoms with Crippen LogP contribution in [0.1, 0.15) is 29.0 Å². The Morgan fingerprint density at radius 2 is 1.17 bits per heavy atom. The largest absolute Gasteiger partial charge is 0.456 e. The van der Waals surface area contributed by atoms with E-state index in [1.165, 1.54) is 11.1 Å². The van der Waals surface area contributed by atoms with Gasteiger partial charge < -0.3 is 8.83 Å². The maximum atomic E-state index is 6.53. The number of hydrogen-bond acceptors (Lipinski definition) is 3. The molecule has 1 aliphatic rings. The highest BCUT2D eigenvalue weighted by atomic mass is 16.3. The van der Waals surface area contributed by atoms with Crippen molar-refractivity contribution in [2.24, 2.45) is 4.99 Å². The van der Waals surface area contributed by atoms with Crippen LogP contribution in [0.3, 0.4) is 0 Å². The second-order valence-electron chi connectivity index (χ2n) is 12.7. The molecule has 9 aromatic rings. The van der Waals surface area contributed by atoms with Crippen LogP contribution in [-0.4, -0.2) is 5.71 Å². The minimum absolute atomic E-state index is 0.250. The van der Waals surface area contributed by atoms with E-state index in [0.29, 0.717) is 0 Å². The summed E-state index contributed by atoms with van der Waals surface area (Å²) in [6.45, 7) is 0. The average Bonchev–Trinajstić information content (AvgIpc) is 3.72. The van der Waals surface area contributed by atoms with Gasteiger partial charge in [-0.25, -0.2) is 0 Å². The summed E-state index contributed by atoms with van der Waals surface area (Å²) in [5, 5.41) is 4.47. The highest BCUT2D eigenvalue weighted by Gasteiger charge is 2.25. The fraction of sp³-hybridized carbons (Fsp3) is 0.0444. The normalized spacial score (nSPS) is 14.5. The molecule has 0 N–H and O–H groups in total. The first-order chi connectivity index (χ1) is 23.8. The van der Waals surface area contributed by atoms with E-state index in [2.05, 4.69) is 140 Å². The number of fused-ring (bicyclic) bond motifs is 7. The van der Waals surface area contributed by atoms with Gasteiger partial charge in [-0.05, 0) is 87.5 Å². The average molecular weight is 616 g/mol. The van der Waals surface area contributed by atoms with Crippen LogP contribution >= 0.6 is 0 Å². The molecule has 0 amide bonds. The SMILES string of the molecule is c1ccc(C2CC(c3cccc(-c4cc(-c5ccc6oc7ccccc7c6c5)cc5oc6ccccc6c45)c3)=Nc3ccccc32)cc1. The Hall–Kier alpha value is -6.19. The Morgan fingerprint density at radius 3 is 2.06 bits per heavy atom. The van der Waals surface area contributed by atoms with E-state index in [9.17, 15) is 0 Å². The lowest BCUT2D eigenvalue weighted by Gasteiger charge is -2.25. The summed E-state index contributed by atoms with van der Waals surface area (Å²) in [6.07, 6.45) is 0.841. The van der Waals surface area contributed by atoms with Crippen molar-refractivity contribution in [3.8, 4) is 22.3 Å². The maximum absolute atomic E-state index is 6.53. The molecule has 0 radical (unpaired) electrons. The number of furan rings is 2. The van der Waals surface area contributed by atoms with Crippen LogP contribution in [0.2, 0.25) is 0 Å². The third kappa shape index (κ3) is 4.32. The standard InChI is InChI=1S/C45H29NO2/c1-2-11-28(12-3-1)36-27-40(46-39-18-7-4-15-33(36)39)31-14-10-13-30(23-31)37-25-32(26-44-45(37)35-17-6-9-20-42(35)48-44)29-21-22-43-38(24-29)34-16-5-8-19-41(34)47-43/h1-26,36H,27H2. The molecule has 226 valence electrons. The number of rotatable bonds is 4. The zero-order valence-electron chi connectivity index (χ0n) is 26.1. The number of para-hydroxylation sites is 3. The lowest BCUT2D eigenvalue weighted by atomic mass is 9.82. The third-order valence-electron chi connectivity index (χ3n) is 9.86. The van der Waals surface area contributed by atoms with Crippen molar-refractivity contribution in [1.82, 2.24) is 0 Å². The molecule has 0 spiro atoms. The third-order valence-corrected chi connectivity index (χ3v) is 9.86. The first kappa shape index (κ1) is 27.0. The Labute approximate surface area is 277 Å². The molecule has 1 atom stereocenters. The van der Waals surface area contributed by atoms with Crippen LogP contribution in [0.25, 0.3) is 66.1 Å². The minimum atomic E-state index is 0.250. The summed E-state index contributed by atoms with van der Waals surface area (Å²) in [6, 6.07) is 55.8. The molecule has 2 aromatic heterocycles. The van der Waals surface area contributed by atoms with Crippen LogP contribution in [0, 0.1) is 0 Å². The number of aliphatic imine (C=N–C) groups is 1. The first-order valence-electron chi connectivity index (χ1n) is 16.5. The van der Waals surface area contributed by atoms with Gasteiger partial charge in [0.2, 0.25) is 0 Å². The number of benzene rings is 7. The van der Waals surface area contributed by atoms with E-state index in [4.69, 9.17) is 13.8 Å². The summed E-state index contributed by atoms with van der Waals surface area (Å²) in [4.78, 5) is 5.23. The van der Waals surface area contributed by atoms with Crippen molar-refractivity contribution in [3.05, 3.63) is 174 Å². The van der Waals surface area contributed by atoms with Gasteiger partial charge in [0.05, 0.1) is 5.69 Å². The zero-order chi connectivity index (χ0) is 31.6. The predicted octanol–water partition coefficient (Wildman–Crippen LogP) is 12.5. The molecule has 0 saturated carbocycles. The molecule has 3 heterocycles. The molecule has 7 aromatic carbocycles. The van der Waals surface area contributed by atoms with Crippen molar-refractivity contribution >= 4 is 55.3 Å². The van der Waals surface area contributed by atoms with Crippen molar-refractivity contribution < 1.29 is 8.83 Å². The lowest BCUT2D eigenvalue weighted by molar-refractivity contribution is 0.669. The molecule has 1 aliphatic heterocycles. The van der Waals surface area contributed by atoms with Gasteiger partial charge >= 0.3 is 0 Å². The van der Waals surface area contributed by atoms with Gasteiger partial charge in [0, 0.05) is 39.6 Å². The van der Waals surface area contributed by atoms with E-state index in [-0.39, 0.29) is 5.92 Å². The fourth-order valence-corrected chi connectivity index (χ4v) is 7.56. The second-order valence-corrected chi connectivity index (χ2v) is 12.7. The van der Waals surface area contributed by atoms with Gasteiger partial charge in [-0.3, -0.25) is 4.99 Å². The summed E-state index contributed by atoms with van der Waals surface area (Å²) in [5.41, 5.74) is 13.9. The van der Waals surface area contributed by atoms with E-state index in [1.807, 2.05) is 18.2 Å². The zero-order valence-corrected chi connectivity index (χ0v) is 26.1. The molecule has 10 rings (SSSR count). The molecule has 0 bridgehead atoms. The highest BCUT2D eigenvalue weighted by molar-refractivity contribution is 6.15. The van der Waals surface area contributed by atoms with Crippen molar-refractivity contribution in [3.63, 3.8) is 0 Å². The minimum Gasteiger partial charge on any atom is -0.456 e. The van der Waals surface area contributed by atoms with E-state index in [1.54, 1.807) is 0 Å². The van der Waals surface area contributed by atoms with Crippen LogP contribution in [0.4, 0.5) is 5.69 Å². The Balaban J connectivity index is 1.15. The molecule has 0 fully saturated rings. The van der Waals surface area contributed by atoms with Crippen LogP contribution < -0.4 is 0 Å². The van der Waals surface area contributed by atoms with E-state index < -0.39 is 0 Å². The van der Waals surface area contributed by atoms with Gasteiger partial charge in [0.1, 0.15) is 22.3 Å². The molecule has 1 unspecified atom stereocenters. The van der Waals surface area contributed by atoms with Crippen molar-refractivity contribution in [2.45, 2.75) is 12.3 Å². The Bertz CT molecular complexity index is 2710. The van der Waals surface area contributed by atoms with Crippen LogP contribution in [-0.2, 0) is 0 Å². The summed E-state index contributed by atoms with van der Waals surface area (Å²) < 4.78 is 12.7. The van der Waals surface area contributed by atoms with E-state index in [0.717, 1.165) is 89.5 Å². The molecule has 3 nitrogen and oxygen atoms in total. The highest BCUT2D eigenvalue weighted by Crippen LogP contribution is 2.43. The van der Waals surface area contributed by atoms with Crippen LogP contribution in [0.15, 0.2) is 172 Å². The van der Waals surface area contributed by atoms with Gasteiger partial charge in [-0.15, -0.1) is 0 Å². The monoisotopic (exact) mass is 615 g/mol. The van der Waals surface area contributed by atoms with Gasteiger partial charge in [-0.2, -0.15) is 0 Å². The van der Waals surface area contributed by atoms with Crippen molar-refractivity contribution in [2.75, 3.05) is 0 Å². The fourth-order valence-electron chi connectivity index (χ4n) is 7.56. The second kappa shape index (κ2) is 10.7. The molecule has 0 saturated heterocycles. The van der Waals surface area contributed by atoms with Crippen LogP contribution in [0.5, 0.6) is 0 Å². The molecular weight excluding hydrogens is 587 g/mol. The molecule has 0 aliphatic carbocycles. The number of nitrogens with zero attached hydrogens (tertiary/aromatic N) is 1. The maximum Gasteiger partial charge on any atom is 0.136 e. The molecule has 48 heavy (non-hydrogen) atoms. The van der Waals surface area contributed by atoms with E-state index >= 15 is 0 Å². The van der Waals surface area contributed by atoms with Gasteiger partial charge in [0.15, 0.2) is 0 Å². The topological polar surface area (TPSA) is 38.6 Å². The Morgan fingerprint density at radius 1 is 0.458 bits per heavy atom. The summed E-state index contributed by atoms with van der Waals surface area (Å²) in [7, 11) is 0. The number of hydrogen-bond donors (Lipinski definition) is 0.